The molecular formula is C19H10O4. The third-order valence-corrected chi connectivity index (χ3v) is 4.20. The number of aromatic hydroxyl groups is 1. The van der Waals surface area contributed by atoms with Gasteiger partial charge in [-0.15, -0.1) is 0 Å². The highest BCUT2D eigenvalue weighted by Crippen LogP contribution is 2.36. The van der Waals surface area contributed by atoms with Crippen LogP contribution >= 0.6 is 0 Å². The lowest BCUT2D eigenvalue weighted by atomic mass is 10.0. The number of benzene rings is 3. The number of furan rings is 1. The molecule has 0 aliphatic rings. The van der Waals surface area contributed by atoms with E-state index in [4.69, 9.17) is 8.83 Å². The van der Waals surface area contributed by atoms with Gasteiger partial charge in [-0.25, -0.2) is 4.79 Å². The molecule has 2 aromatic heterocycles. The molecule has 110 valence electrons. The Labute approximate surface area is 129 Å². The maximum absolute atomic E-state index is 12.5. The van der Waals surface area contributed by atoms with E-state index >= 15 is 0 Å². The minimum absolute atomic E-state index is 0.0431. The van der Waals surface area contributed by atoms with Crippen LogP contribution in [0.15, 0.2) is 68.2 Å². The van der Waals surface area contributed by atoms with Gasteiger partial charge in [-0.2, -0.15) is 0 Å². The fourth-order valence-corrected chi connectivity index (χ4v) is 3.19. The van der Waals surface area contributed by atoms with Gasteiger partial charge >= 0.3 is 5.63 Å². The zero-order valence-electron chi connectivity index (χ0n) is 11.9. The average molecular weight is 302 g/mol. The number of fused-ring (bicyclic) bond motifs is 7. The number of phenols is 1. The largest absolute Gasteiger partial charge is 0.508 e. The number of hydrogen-bond donors (Lipinski definition) is 1. The summed E-state index contributed by atoms with van der Waals surface area (Å²) in [5.74, 6) is 0.0431. The van der Waals surface area contributed by atoms with Gasteiger partial charge in [0.15, 0.2) is 5.58 Å². The summed E-state index contributed by atoms with van der Waals surface area (Å²) in [6, 6.07) is 16.3. The zero-order valence-corrected chi connectivity index (χ0v) is 11.9. The molecule has 0 aliphatic heterocycles. The van der Waals surface area contributed by atoms with Crippen molar-refractivity contribution in [1.29, 1.82) is 0 Å². The molecule has 0 saturated carbocycles. The Morgan fingerprint density at radius 3 is 2.57 bits per heavy atom. The van der Waals surface area contributed by atoms with Crippen molar-refractivity contribution in [2.45, 2.75) is 0 Å². The summed E-state index contributed by atoms with van der Waals surface area (Å²) in [5.41, 5.74) is 0.980. The fraction of sp³-hybridized carbons (Fsp3) is 0. The molecule has 0 spiro atoms. The van der Waals surface area contributed by atoms with E-state index in [-0.39, 0.29) is 5.75 Å². The Bertz CT molecular complexity index is 1290. The van der Waals surface area contributed by atoms with Crippen LogP contribution in [0.25, 0.3) is 43.7 Å². The lowest BCUT2D eigenvalue weighted by molar-refractivity contribution is 0.473. The maximum Gasteiger partial charge on any atom is 0.348 e. The molecule has 0 fully saturated rings. The van der Waals surface area contributed by atoms with Crippen LogP contribution in [0.2, 0.25) is 0 Å². The van der Waals surface area contributed by atoms with E-state index in [1.165, 1.54) is 6.07 Å². The first-order valence-electron chi connectivity index (χ1n) is 7.22. The molecule has 0 radical (unpaired) electrons. The lowest BCUT2D eigenvalue weighted by Gasteiger charge is -1.99. The summed E-state index contributed by atoms with van der Waals surface area (Å²) in [5, 5.41) is 13.4. The summed E-state index contributed by atoms with van der Waals surface area (Å²) >= 11 is 0. The van der Waals surface area contributed by atoms with Crippen molar-refractivity contribution in [2.24, 2.45) is 0 Å². The molecule has 5 aromatic rings. The summed E-state index contributed by atoms with van der Waals surface area (Å²) in [6.45, 7) is 0. The van der Waals surface area contributed by atoms with Crippen molar-refractivity contribution in [2.75, 3.05) is 0 Å². The number of hydrogen-bond acceptors (Lipinski definition) is 4. The van der Waals surface area contributed by atoms with Crippen LogP contribution in [0, 0.1) is 0 Å². The lowest BCUT2D eigenvalue weighted by Crippen LogP contribution is -1.98. The van der Waals surface area contributed by atoms with Gasteiger partial charge in [-0.05, 0) is 29.0 Å². The van der Waals surface area contributed by atoms with Gasteiger partial charge < -0.3 is 13.9 Å². The van der Waals surface area contributed by atoms with Crippen molar-refractivity contribution in [1.82, 2.24) is 0 Å². The molecular weight excluding hydrogens is 292 g/mol. The molecule has 3 aromatic carbocycles. The third kappa shape index (κ3) is 1.57. The normalized spacial score (nSPS) is 11.8. The van der Waals surface area contributed by atoms with Gasteiger partial charge in [0.2, 0.25) is 0 Å². The highest BCUT2D eigenvalue weighted by molar-refractivity contribution is 6.21. The molecule has 23 heavy (non-hydrogen) atoms. The first-order valence-corrected chi connectivity index (χ1v) is 7.22. The molecule has 0 aliphatic carbocycles. The molecule has 0 saturated heterocycles. The second kappa shape index (κ2) is 4.14. The molecule has 4 nitrogen and oxygen atoms in total. The van der Waals surface area contributed by atoms with Crippen molar-refractivity contribution >= 4 is 43.7 Å². The SMILES string of the molecule is O=c1oc2cc(O)ccc2c2oc3ccc4ccccc4c3c12. The van der Waals surface area contributed by atoms with E-state index < -0.39 is 5.63 Å². The van der Waals surface area contributed by atoms with Crippen molar-refractivity contribution < 1.29 is 13.9 Å². The predicted molar refractivity (Wildman–Crippen MR) is 88.9 cm³/mol. The minimum Gasteiger partial charge on any atom is -0.508 e. The van der Waals surface area contributed by atoms with Gasteiger partial charge in [-0.3, -0.25) is 0 Å². The van der Waals surface area contributed by atoms with E-state index in [0.717, 1.165) is 16.2 Å². The zero-order chi connectivity index (χ0) is 15.6. The topological polar surface area (TPSA) is 63.6 Å². The Kier molecular flexibility index (Phi) is 2.21. The van der Waals surface area contributed by atoms with E-state index in [2.05, 4.69) is 0 Å². The third-order valence-electron chi connectivity index (χ3n) is 4.20. The molecule has 0 unspecified atom stereocenters. The predicted octanol–water partition coefficient (Wildman–Crippen LogP) is 4.55. The van der Waals surface area contributed by atoms with Crippen molar-refractivity contribution in [3.8, 4) is 5.75 Å². The van der Waals surface area contributed by atoms with Crippen LogP contribution in [0.1, 0.15) is 0 Å². The van der Waals surface area contributed by atoms with Crippen LogP contribution in [0.5, 0.6) is 5.75 Å². The summed E-state index contributed by atoms with van der Waals surface area (Å²) in [6.07, 6.45) is 0. The van der Waals surface area contributed by atoms with Crippen LogP contribution in [-0.4, -0.2) is 5.11 Å². The molecule has 0 bridgehead atoms. The smallest absolute Gasteiger partial charge is 0.348 e. The van der Waals surface area contributed by atoms with E-state index in [9.17, 15) is 9.90 Å². The fourth-order valence-electron chi connectivity index (χ4n) is 3.19. The van der Waals surface area contributed by atoms with E-state index in [1.54, 1.807) is 12.1 Å². The second-order valence-electron chi connectivity index (χ2n) is 5.54. The van der Waals surface area contributed by atoms with E-state index in [0.29, 0.717) is 27.5 Å². The second-order valence-corrected chi connectivity index (χ2v) is 5.54. The molecule has 1 N–H and O–H groups in total. The van der Waals surface area contributed by atoms with Gasteiger partial charge in [0.1, 0.15) is 22.3 Å². The Morgan fingerprint density at radius 1 is 0.783 bits per heavy atom. The molecule has 2 heterocycles. The van der Waals surface area contributed by atoms with Gasteiger partial charge in [0.05, 0.1) is 5.39 Å². The Morgan fingerprint density at radius 2 is 1.65 bits per heavy atom. The standard InChI is InChI=1S/C19H10O4/c20-11-6-7-13-15(9-11)23-19(21)17-16-12-4-2-1-3-10(12)5-8-14(16)22-18(13)17/h1-9,20H. The first-order chi connectivity index (χ1) is 11.2. The Balaban J connectivity index is 2.13. The number of phenolic OH excluding ortho intramolecular Hbond substituents is 1. The van der Waals surface area contributed by atoms with E-state index in [1.807, 2.05) is 36.4 Å². The van der Waals surface area contributed by atoms with Gasteiger partial charge in [-0.1, -0.05) is 30.3 Å². The van der Waals surface area contributed by atoms with Crippen LogP contribution in [0.3, 0.4) is 0 Å². The maximum atomic E-state index is 12.5. The summed E-state index contributed by atoms with van der Waals surface area (Å²) in [4.78, 5) is 12.5. The highest BCUT2D eigenvalue weighted by atomic mass is 16.4. The van der Waals surface area contributed by atoms with Gasteiger partial charge in [0, 0.05) is 11.5 Å². The molecule has 4 heteroatoms. The minimum atomic E-state index is -0.465. The average Bonchev–Trinajstić information content (AvgIpc) is 2.95. The van der Waals surface area contributed by atoms with Crippen LogP contribution < -0.4 is 5.63 Å². The van der Waals surface area contributed by atoms with Crippen LogP contribution in [0.4, 0.5) is 0 Å². The monoisotopic (exact) mass is 302 g/mol. The molecule has 5 rings (SSSR count). The van der Waals surface area contributed by atoms with Gasteiger partial charge in [0.25, 0.3) is 0 Å². The molecule has 0 atom stereocenters. The first kappa shape index (κ1) is 12.3. The van der Waals surface area contributed by atoms with Crippen molar-refractivity contribution in [3.63, 3.8) is 0 Å². The highest BCUT2D eigenvalue weighted by Gasteiger charge is 2.18. The Hall–Kier alpha value is -3.27. The summed E-state index contributed by atoms with van der Waals surface area (Å²) < 4.78 is 11.3. The van der Waals surface area contributed by atoms with Crippen molar-refractivity contribution in [3.05, 3.63) is 65.0 Å². The quantitative estimate of drug-likeness (QED) is 0.426. The molecule has 0 amide bonds. The summed E-state index contributed by atoms with van der Waals surface area (Å²) in [7, 11) is 0. The van der Waals surface area contributed by atoms with Crippen LogP contribution in [-0.2, 0) is 0 Å². The number of rotatable bonds is 0.